The van der Waals surface area contributed by atoms with Crippen molar-refractivity contribution in [3.05, 3.63) is 24.3 Å². The Bertz CT molecular complexity index is 524. The second-order valence-electron chi connectivity index (χ2n) is 6.91. The summed E-state index contributed by atoms with van der Waals surface area (Å²) < 4.78 is 14.0. The topological polar surface area (TPSA) is 24.9 Å². The van der Waals surface area contributed by atoms with Gasteiger partial charge in [0.15, 0.2) is 0 Å². The van der Waals surface area contributed by atoms with Crippen molar-refractivity contribution in [3.63, 3.8) is 0 Å². The Morgan fingerprint density at radius 3 is 2.57 bits per heavy atom. The molecule has 2 saturated heterocycles. The SMILES string of the molecule is COc1ccc(SN2CCOC23CCN(CC2CC2)CC3)cc1. The number of hydrogen-bond acceptors (Lipinski definition) is 5. The van der Waals surface area contributed by atoms with E-state index in [4.69, 9.17) is 9.47 Å². The normalized spacial score (nSPS) is 25.1. The lowest BCUT2D eigenvalue weighted by molar-refractivity contribution is -0.0881. The van der Waals surface area contributed by atoms with Crippen LogP contribution in [0.25, 0.3) is 0 Å². The predicted molar refractivity (Wildman–Crippen MR) is 92.6 cm³/mol. The van der Waals surface area contributed by atoms with Crippen molar-refractivity contribution in [2.24, 2.45) is 5.92 Å². The largest absolute Gasteiger partial charge is 0.497 e. The molecule has 2 aliphatic heterocycles. The van der Waals surface area contributed by atoms with E-state index in [1.54, 1.807) is 7.11 Å². The lowest BCUT2D eigenvalue weighted by atomic mass is 10.0. The number of benzene rings is 1. The van der Waals surface area contributed by atoms with Gasteiger partial charge in [0, 0.05) is 43.9 Å². The van der Waals surface area contributed by atoms with E-state index >= 15 is 0 Å². The maximum absolute atomic E-state index is 6.23. The van der Waals surface area contributed by atoms with Crippen LogP contribution in [0.1, 0.15) is 25.7 Å². The van der Waals surface area contributed by atoms with E-state index in [1.807, 2.05) is 24.1 Å². The Labute approximate surface area is 143 Å². The van der Waals surface area contributed by atoms with Gasteiger partial charge in [0.05, 0.1) is 13.7 Å². The van der Waals surface area contributed by atoms with E-state index in [-0.39, 0.29) is 5.72 Å². The molecule has 1 saturated carbocycles. The minimum atomic E-state index is -0.0509. The smallest absolute Gasteiger partial charge is 0.133 e. The minimum absolute atomic E-state index is 0.0509. The molecule has 0 radical (unpaired) electrons. The van der Waals surface area contributed by atoms with Crippen molar-refractivity contribution in [3.8, 4) is 5.75 Å². The molecule has 1 aromatic carbocycles. The van der Waals surface area contributed by atoms with Crippen molar-refractivity contribution in [1.29, 1.82) is 0 Å². The quantitative estimate of drug-likeness (QED) is 0.770. The fourth-order valence-electron chi connectivity index (χ4n) is 3.63. The van der Waals surface area contributed by atoms with E-state index in [9.17, 15) is 0 Å². The summed E-state index contributed by atoms with van der Waals surface area (Å²) in [6.07, 6.45) is 5.14. The molecule has 4 rings (SSSR count). The lowest BCUT2D eigenvalue weighted by Gasteiger charge is -2.43. The van der Waals surface area contributed by atoms with Gasteiger partial charge >= 0.3 is 0 Å². The Kier molecular flexibility index (Phi) is 4.54. The van der Waals surface area contributed by atoms with Gasteiger partial charge in [0.2, 0.25) is 0 Å². The van der Waals surface area contributed by atoms with Gasteiger partial charge in [-0.25, -0.2) is 4.31 Å². The van der Waals surface area contributed by atoms with Crippen LogP contribution in [0.3, 0.4) is 0 Å². The standard InChI is InChI=1S/C18H26N2O2S/c1-21-16-4-6-17(7-5-16)23-20-12-13-22-18(20)8-10-19(11-9-18)14-15-2-3-15/h4-7,15H,2-3,8-14H2,1H3. The number of nitrogens with zero attached hydrogens (tertiary/aromatic N) is 2. The molecular weight excluding hydrogens is 308 g/mol. The van der Waals surface area contributed by atoms with Gasteiger partial charge in [-0.3, -0.25) is 0 Å². The molecule has 1 spiro atoms. The molecule has 23 heavy (non-hydrogen) atoms. The average Bonchev–Trinajstić information content (AvgIpc) is 3.33. The first kappa shape index (κ1) is 15.8. The molecule has 3 aliphatic rings. The average molecular weight is 334 g/mol. The highest BCUT2D eigenvalue weighted by Gasteiger charge is 2.45. The zero-order valence-corrected chi connectivity index (χ0v) is 14.7. The molecule has 0 unspecified atom stereocenters. The number of likely N-dealkylation sites (tertiary alicyclic amines) is 1. The summed E-state index contributed by atoms with van der Waals surface area (Å²) in [5.74, 6) is 1.90. The molecule has 0 atom stereocenters. The van der Waals surface area contributed by atoms with Crippen molar-refractivity contribution in [1.82, 2.24) is 9.21 Å². The van der Waals surface area contributed by atoms with Gasteiger partial charge in [-0.05, 0) is 55.0 Å². The molecule has 0 aromatic heterocycles. The molecule has 126 valence electrons. The van der Waals surface area contributed by atoms with Gasteiger partial charge in [0.1, 0.15) is 11.5 Å². The van der Waals surface area contributed by atoms with Crippen molar-refractivity contribution in [2.75, 3.05) is 39.9 Å². The first-order valence-corrected chi connectivity index (χ1v) is 9.51. The molecule has 5 heteroatoms. The van der Waals surface area contributed by atoms with E-state index in [2.05, 4.69) is 21.3 Å². The minimum Gasteiger partial charge on any atom is -0.497 e. The van der Waals surface area contributed by atoms with Crippen LogP contribution in [0.2, 0.25) is 0 Å². The van der Waals surface area contributed by atoms with Crippen molar-refractivity contribution < 1.29 is 9.47 Å². The molecule has 3 fully saturated rings. The molecule has 0 amide bonds. The number of ether oxygens (including phenoxy) is 2. The van der Waals surface area contributed by atoms with Gasteiger partial charge in [-0.1, -0.05) is 0 Å². The highest BCUT2D eigenvalue weighted by atomic mass is 32.2. The molecular formula is C18H26N2O2S. The predicted octanol–water partition coefficient (Wildman–Crippen LogP) is 3.24. The summed E-state index contributed by atoms with van der Waals surface area (Å²) >= 11 is 1.84. The van der Waals surface area contributed by atoms with Gasteiger partial charge < -0.3 is 14.4 Å². The van der Waals surface area contributed by atoms with Crippen molar-refractivity contribution in [2.45, 2.75) is 36.3 Å². The van der Waals surface area contributed by atoms with E-state index < -0.39 is 0 Å². The summed E-state index contributed by atoms with van der Waals surface area (Å²) in [4.78, 5) is 3.90. The van der Waals surface area contributed by atoms with Crippen LogP contribution < -0.4 is 4.74 Å². The second kappa shape index (κ2) is 6.63. The summed E-state index contributed by atoms with van der Waals surface area (Å²) in [5, 5.41) is 0. The second-order valence-corrected chi connectivity index (χ2v) is 8.00. The van der Waals surface area contributed by atoms with Gasteiger partial charge in [-0.15, -0.1) is 0 Å². The fourth-order valence-corrected chi connectivity index (χ4v) is 4.71. The Morgan fingerprint density at radius 1 is 1.17 bits per heavy atom. The third-order valence-electron chi connectivity index (χ3n) is 5.25. The first-order valence-electron chi connectivity index (χ1n) is 8.73. The van der Waals surface area contributed by atoms with Crippen LogP contribution in [-0.4, -0.2) is 54.8 Å². The van der Waals surface area contributed by atoms with Crippen LogP contribution in [0.15, 0.2) is 29.2 Å². The number of piperidine rings is 1. The first-order chi connectivity index (χ1) is 11.3. The third kappa shape index (κ3) is 3.53. The van der Waals surface area contributed by atoms with E-state index in [0.29, 0.717) is 0 Å². The van der Waals surface area contributed by atoms with Crippen molar-refractivity contribution >= 4 is 11.9 Å². The van der Waals surface area contributed by atoms with Crippen LogP contribution in [0.5, 0.6) is 5.75 Å². The fraction of sp³-hybridized carbons (Fsp3) is 0.667. The van der Waals surface area contributed by atoms with Crippen LogP contribution in [0.4, 0.5) is 0 Å². The van der Waals surface area contributed by atoms with Crippen LogP contribution in [-0.2, 0) is 4.74 Å². The zero-order valence-electron chi connectivity index (χ0n) is 13.9. The summed E-state index contributed by atoms with van der Waals surface area (Å²) in [7, 11) is 1.71. The zero-order chi connectivity index (χ0) is 15.7. The number of hydrogen-bond donors (Lipinski definition) is 0. The Hall–Kier alpha value is -0.750. The number of rotatable bonds is 5. The van der Waals surface area contributed by atoms with E-state index in [1.165, 1.54) is 37.4 Å². The van der Waals surface area contributed by atoms with Gasteiger partial charge in [0.25, 0.3) is 0 Å². The van der Waals surface area contributed by atoms with Crippen LogP contribution >= 0.6 is 11.9 Å². The monoisotopic (exact) mass is 334 g/mol. The molecule has 4 nitrogen and oxygen atoms in total. The third-order valence-corrected chi connectivity index (χ3v) is 6.46. The summed E-state index contributed by atoms with van der Waals surface area (Å²) in [6.45, 7) is 5.53. The highest BCUT2D eigenvalue weighted by molar-refractivity contribution is 7.97. The Morgan fingerprint density at radius 2 is 1.91 bits per heavy atom. The van der Waals surface area contributed by atoms with E-state index in [0.717, 1.165) is 37.7 Å². The summed E-state index contributed by atoms with van der Waals surface area (Å²) in [6, 6.07) is 8.34. The maximum Gasteiger partial charge on any atom is 0.133 e. The summed E-state index contributed by atoms with van der Waals surface area (Å²) in [5.41, 5.74) is -0.0509. The Balaban J connectivity index is 1.37. The maximum atomic E-state index is 6.23. The highest BCUT2D eigenvalue weighted by Crippen LogP contribution is 2.42. The molecule has 1 aliphatic carbocycles. The molecule has 1 aromatic rings. The van der Waals surface area contributed by atoms with Gasteiger partial charge in [-0.2, -0.15) is 0 Å². The number of methoxy groups -OCH3 is 1. The molecule has 0 bridgehead atoms. The molecule has 2 heterocycles. The van der Waals surface area contributed by atoms with Crippen LogP contribution in [0, 0.1) is 5.92 Å². The lowest BCUT2D eigenvalue weighted by Crippen LogP contribution is -2.51. The molecule has 0 N–H and O–H groups in total.